The topological polar surface area (TPSA) is 49.4 Å². The zero-order valence-corrected chi connectivity index (χ0v) is 6.13. The summed E-state index contributed by atoms with van der Waals surface area (Å²) in [6, 6.07) is 0. The molecule has 1 atom stereocenters. The van der Waals surface area contributed by atoms with Crippen LogP contribution in [0.1, 0.15) is 0 Å². The van der Waals surface area contributed by atoms with Gasteiger partial charge in [0.2, 0.25) is 0 Å². The lowest BCUT2D eigenvalue weighted by Crippen LogP contribution is -2.21. The van der Waals surface area contributed by atoms with E-state index >= 15 is 0 Å². The molecule has 0 bridgehead atoms. The lowest BCUT2D eigenvalue weighted by atomic mass is 10.7. The van der Waals surface area contributed by atoms with Gasteiger partial charge in [0.15, 0.2) is 0 Å². The van der Waals surface area contributed by atoms with E-state index in [1.807, 2.05) is 0 Å². The second-order valence-corrected chi connectivity index (χ2v) is 4.22. The third-order valence-corrected chi connectivity index (χ3v) is 3.39. The Balaban J connectivity index is 2.85. The molecule has 0 aromatic carbocycles. The highest BCUT2D eigenvalue weighted by atomic mass is 32.2. The van der Waals surface area contributed by atoms with Crippen LogP contribution < -0.4 is 4.72 Å². The maximum atomic E-state index is 10.6. The molecule has 0 amide bonds. The van der Waals surface area contributed by atoms with Crippen LogP contribution in [0.3, 0.4) is 0 Å². The molecule has 1 rings (SSSR count). The van der Waals surface area contributed by atoms with E-state index in [0.29, 0.717) is 13.1 Å². The number of nitrogens with one attached hydrogen (secondary N) is 1. The van der Waals surface area contributed by atoms with Gasteiger partial charge in [-0.3, -0.25) is 0 Å². The first kappa shape index (κ1) is 6.42. The average Bonchev–Trinajstić information content (AvgIpc) is 1.86. The van der Waals surface area contributed by atoms with E-state index in [4.69, 9.17) is 0 Å². The Morgan fingerprint density at radius 1 is 1.62 bits per heavy atom. The summed E-state index contributed by atoms with van der Waals surface area (Å²) >= 11 is 0. The Bertz CT molecular complexity index is 176. The van der Waals surface area contributed by atoms with Crippen LogP contribution in [0.15, 0.2) is 0 Å². The number of nitrogens with zero attached hydrogens (tertiary/aromatic N) is 1. The molecule has 4 nitrogen and oxygen atoms in total. The Morgan fingerprint density at radius 2 is 2.25 bits per heavy atom. The van der Waals surface area contributed by atoms with Crippen LogP contribution in [0.25, 0.3) is 0 Å². The summed E-state index contributed by atoms with van der Waals surface area (Å²) < 4.78 is 24.6. The minimum Gasteiger partial charge on any atom is -0.201 e. The van der Waals surface area contributed by atoms with Crippen molar-refractivity contribution in [1.82, 2.24) is 8.80 Å². The van der Waals surface area contributed by atoms with Gasteiger partial charge in [-0.2, -0.15) is 12.5 Å². The number of hydrogen-bond acceptors (Lipinski definition) is 2. The molecule has 0 aliphatic carbocycles. The molecule has 0 aromatic rings. The predicted molar refractivity (Wildman–Crippen MR) is 33.3 cm³/mol. The van der Waals surface area contributed by atoms with Gasteiger partial charge in [-0.25, -0.2) is 4.72 Å². The van der Waals surface area contributed by atoms with Gasteiger partial charge in [-0.15, -0.1) is 0 Å². The minimum absolute atomic E-state index is 0.520. The van der Waals surface area contributed by atoms with Crippen molar-refractivity contribution in [3.8, 4) is 0 Å². The second-order valence-electron chi connectivity index (χ2n) is 1.51. The summed E-state index contributed by atoms with van der Waals surface area (Å²) in [5.41, 5.74) is 0. The summed E-state index contributed by atoms with van der Waals surface area (Å²) in [5, 5.41) is 0. The molecule has 1 saturated heterocycles. The molecule has 1 fully saturated rings. The molecule has 0 radical (unpaired) electrons. The van der Waals surface area contributed by atoms with E-state index in [-0.39, 0.29) is 0 Å². The van der Waals surface area contributed by atoms with Crippen molar-refractivity contribution >= 4 is 19.6 Å². The molecular weight excluding hydrogens is 147 g/mol. The van der Waals surface area contributed by atoms with Gasteiger partial charge in [0.05, 0.1) is 0 Å². The molecule has 6 heteroatoms. The minimum atomic E-state index is -3.08. The average molecular weight is 154 g/mol. The van der Waals surface area contributed by atoms with Crippen molar-refractivity contribution in [3.63, 3.8) is 0 Å². The second kappa shape index (κ2) is 1.92. The SMILES string of the molecule is O=S1(=O)NCCN1P. The monoisotopic (exact) mass is 154 g/mol. The highest BCUT2D eigenvalue weighted by Crippen LogP contribution is 2.08. The van der Waals surface area contributed by atoms with E-state index in [2.05, 4.69) is 14.1 Å². The van der Waals surface area contributed by atoms with Crippen molar-refractivity contribution in [2.75, 3.05) is 13.1 Å². The smallest absolute Gasteiger partial charge is 0.201 e. The first-order valence-electron chi connectivity index (χ1n) is 2.15. The molecule has 1 heterocycles. The molecule has 1 aliphatic heterocycles. The first-order chi connectivity index (χ1) is 3.63. The van der Waals surface area contributed by atoms with Gasteiger partial charge in [-0.05, 0) is 9.39 Å². The van der Waals surface area contributed by atoms with Crippen LogP contribution in [-0.4, -0.2) is 25.6 Å². The quantitative estimate of drug-likeness (QED) is 0.451. The largest absolute Gasteiger partial charge is 0.282 e. The molecule has 1 N–H and O–H groups in total. The standard InChI is InChI=1S/C2H7N2O2PS/c5-8(6)3-1-2-4(8)7/h3H,1-2,7H2. The Morgan fingerprint density at radius 3 is 2.38 bits per heavy atom. The summed E-state index contributed by atoms with van der Waals surface area (Å²) in [7, 11) is -0.954. The molecule has 0 spiro atoms. The zero-order valence-electron chi connectivity index (χ0n) is 4.16. The van der Waals surface area contributed by atoms with Crippen LogP contribution in [0.2, 0.25) is 0 Å². The van der Waals surface area contributed by atoms with E-state index in [0.717, 1.165) is 0 Å². The van der Waals surface area contributed by atoms with Gasteiger partial charge in [0, 0.05) is 13.1 Å². The highest BCUT2D eigenvalue weighted by molar-refractivity contribution is 7.90. The molecule has 48 valence electrons. The Labute approximate surface area is 50.7 Å². The molecule has 1 aliphatic rings. The number of hydrogen-bond donors (Lipinski definition) is 1. The molecular formula is C2H7N2O2PS. The van der Waals surface area contributed by atoms with Crippen LogP contribution in [-0.2, 0) is 10.2 Å². The molecule has 8 heavy (non-hydrogen) atoms. The summed E-state index contributed by atoms with van der Waals surface area (Å²) in [6.45, 7) is 1.07. The van der Waals surface area contributed by atoms with Gasteiger partial charge in [0.1, 0.15) is 0 Å². The fourth-order valence-corrected chi connectivity index (χ4v) is 1.69. The van der Waals surface area contributed by atoms with E-state index in [1.165, 1.54) is 4.08 Å². The van der Waals surface area contributed by atoms with Gasteiger partial charge in [0.25, 0.3) is 10.2 Å². The molecule has 0 aromatic heterocycles. The third-order valence-electron chi connectivity index (χ3n) is 0.925. The normalized spacial score (nSPS) is 28.6. The number of rotatable bonds is 0. The predicted octanol–water partition coefficient (Wildman–Crippen LogP) is -1.07. The zero-order chi connectivity index (χ0) is 6.20. The molecule has 0 saturated carbocycles. The lowest BCUT2D eigenvalue weighted by Gasteiger charge is -2.01. The first-order valence-corrected chi connectivity index (χ1v) is 4.10. The summed E-state index contributed by atoms with van der Waals surface area (Å²) in [6.07, 6.45) is 0. The van der Waals surface area contributed by atoms with Crippen LogP contribution in [0, 0.1) is 0 Å². The third kappa shape index (κ3) is 1.00. The lowest BCUT2D eigenvalue weighted by molar-refractivity contribution is 0.565. The fraction of sp³-hybridized carbons (Fsp3) is 1.00. The van der Waals surface area contributed by atoms with Gasteiger partial charge < -0.3 is 0 Å². The Hall–Kier alpha value is 0.300. The van der Waals surface area contributed by atoms with E-state index < -0.39 is 10.2 Å². The van der Waals surface area contributed by atoms with Crippen molar-refractivity contribution in [2.45, 2.75) is 0 Å². The summed E-state index contributed by atoms with van der Waals surface area (Å²) in [5.74, 6) is 0. The van der Waals surface area contributed by atoms with E-state index in [1.54, 1.807) is 0 Å². The van der Waals surface area contributed by atoms with Gasteiger partial charge >= 0.3 is 0 Å². The van der Waals surface area contributed by atoms with Gasteiger partial charge in [-0.1, -0.05) is 0 Å². The maximum Gasteiger partial charge on any atom is 0.282 e. The maximum absolute atomic E-state index is 10.6. The van der Waals surface area contributed by atoms with Crippen molar-refractivity contribution in [3.05, 3.63) is 0 Å². The summed E-state index contributed by atoms with van der Waals surface area (Å²) in [4.78, 5) is 0. The van der Waals surface area contributed by atoms with Crippen LogP contribution in [0.5, 0.6) is 0 Å². The molecule has 1 unspecified atom stereocenters. The fourth-order valence-electron chi connectivity index (χ4n) is 0.488. The van der Waals surface area contributed by atoms with Crippen molar-refractivity contribution in [2.24, 2.45) is 0 Å². The highest BCUT2D eigenvalue weighted by Gasteiger charge is 2.22. The van der Waals surface area contributed by atoms with Crippen molar-refractivity contribution in [1.29, 1.82) is 0 Å². The van der Waals surface area contributed by atoms with Crippen LogP contribution in [0.4, 0.5) is 0 Å². The van der Waals surface area contributed by atoms with Crippen LogP contribution >= 0.6 is 9.39 Å². The van der Waals surface area contributed by atoms with E-state index in [9.17, 15) is 8.42 Å². The van der Waals surface area contributed by atoms with Crippen molar-refractivity contribution < 1.29 is 8.42 Å². The Kier molecular flexibility index (Phi) is 1.54.